The summed E-state index contributed by atoms with van der Waals surface area (Å²) in [6.07, 6.45) is 5.23. The summed E-state index contributed by atoms with van der Waals surface area (Å²) in [6, 6.07) is 5.66. The van der Waals surface area contributed by atoms with E-state index in [2.05, 4.69) is 15.0 Å². The molecule has 0 bridgehead atoms. The van der Waals surface area contributed by atoms with Gasteiger partial charge < -0.3 is 5.73 Å². The van der Waals surface area contributed by atoms with Crippen LogP contribution in [-0.4, -0.2) is 15.0 Å². The third kappa shape index (κ3) is 2.77. The SMILES string of the molecule is CC(N)c1ccc(Sc2ncccn2)cn1. The second-order valence-corrected chi connectivity index (χ2v) is 4.38. The van der Waals surface area contributed by atoms with Crippen LogP contribution in [0.1, 0.15) is 18.7 Å². The van der Waals surface area contributed by atoms with Crippen LogP contribution in [0.5, 0.6) is 0 Å². The lowest BCUT2D eigenvalue weighted by Gasteiger charge is -2.04. The van der Waals surface area contributed by atoms with Crippen molar-refractivity contribution in [3.8, 4) is 0 Å². The van der Waals surface area contributed by atoms with Gasteiger partial charge in [-0.15, -0.1) is 0 Å². The zero-order valence-corrected chi connectivity index (χ0v) is 9.69. The predicted octanol–water partition coefficient (Wildman–Crippen LogP) is 2.04. The fourth-order valence-electron chi connectivity index (χ4n) is 1.16. The molecule has 0 aromatic carbocycles. The van der Waals surface area contributed by atoms with E-state index in [1.807, 2.05) is 19.1 Å². The van der Waals surface area contributed by atoms with E-state index in [1.165, 1.54) is 11.8 Å². The molecule has 2 aromatic heterocycles. The quantitative estimate of drug-likeness (QED) is 0.820. The Labute approximate surface area is 98.3 Å². The molecule has 5 heteroatoms. The summed E-state index contributed by atoms with van der Waals surface area (Å²) < 4.78 is 0. The Morgan fingerprint density at radius 3 is 2.50 bits per heavy atom. The van der Waals surface area contributed by atoms with Crippen LogP contribution in [0.4, 0.5) is 0 Å². The van der Waals surface area contributed by atoms with Crippen molar-refractivity contribution in [3.63, 3.8) is 0 Å². The Hall–Kier alpha value is -1.46. The molecule has 2 rings (SSSR count). The van der Waals surface area contributed by atoms with Crippen molar-refractivity contribution in [3.05, 3.63) is 42.5 Å². The van der Waals surface area contributed by atoms with Crippen molar-refractivity contribution < 1.29 is 0 Å². The summed E-state index contributed by atoms with van der Waals surface area (Å²) in [4.78, 5) is 13.5. The molecule has 0 aliphatic carbocycles. The number of rotatable bonds is 3. The lowest BCUT2D eigenvalue weighted by atomic mass is 10.2. The summed E-state index contributed by atoms with van der Waals surface area (Å²) in [5, 5.41) is 0.720. The Morgan fingerprint density at radius 1 is 1.19 bits per heavy atom. The van der Waals surface area contributed by atoms with Crippen molar-refractivity contribution in [2.45, 2.75) is 23.0 Å². The summed E-state index contributed by atoms with van der Waals surface area (Å²) in [5.74, 6) is 0. The minimum Gasteiger partial charge on any atom is -0.323 e. The van der Waals surface area contributed by atoms with Crippen LogP contribution in [0.3, 0.4) is 0 Å². The largest absolute Gasteiger partial charge is 0.323 e. The van der Waals surface area contributed by atoms with E-state index in [9.17, 15) is 0 Å². The smallest absolute Gasteiger partial charge is 0.192 e. The van der Waals surface area contributed by atoms with Gasteiger partial charge in [0, 0.05) is 29.5 Å². The minimum absolute atomic E-state index is 0.0352. The van der Waals surface area contributed by atoms with E-state index in [0.717, 1.165) is 15.7 Å². The van der Waals surface area contributed by atoms with E-state index in [0.29, 0.717) is 0 Å². The van der Waals surface area contributed by atoms with Crippen LogP contribution < -0.4 is 5.73 Å². The number of aromatic nitrogens is 3. The number of hydrogen-bond donors (Lipinski definition) is 1. The maximum absolute atomic E-state index is 5.72. The maximum Gasteiger partial charge on any atom is 0.192 e. The fraction of sp³-hybridized carbons (Fsp3) is 0.182. The lowest BCUT2D eigenvalue weighted by molar-refractivity contribution is 0.777. The first-order valence-corrected chi connectivity index (χ1v) is 5.74. The zero-order valence-electron chi connectivity index (χ0n) is 8.87. The summed E-state index contributed by atoms with van der Waals surface area (Å²) in [7, 11) is 0. The molecule has 2 aromatic rings. The molecule has 0 saturated heterocycles. The highest BCUT2D eigenvalue weighted by atomic mass is 32.2. The highest BCUT2D eigenvalue weighted by Crippen LogP contribution is 2.23. The van der Waals surface area contributed by atoms with E-state index < -0.39 is 0 Å². The van der Waals surface area contributed by atoms with E-state index in [-0.39, 0.29) is 6.04 Å². The van der Waals surface area contributed by atoms with Gasteiger partial charge in [-0.05, 0) is 36.9 Å². The molecule has 2 heterocycles. The molecule has 0 aliphatic rings. The number of nitrogens with zero attached hydrogens (tertiary/aromatic N) is 3. The van der Waals surface area contributed by atoms with Gasteiger partial charge in [-0.2, -0.15) is 0 Å². The molecule has 0 saturated carbocycles. The molecule has 1 unspecified atom stereocenters. The second-order valence-electron chi connectivity index (χ2n) is 3.34. The molecule has 2 N–H and O–H groups in total. The first-order valence-electron chi connectivity index (χ1n) is 4.92. The number of pyridine rings is 1. The highest BCUT2D eigenvalue weighted by molar-refractivity contribution is 7.99. The standard InChI is InChI=1S/C11H12N4S/c1-8(12)10-4-3-9(7-15-10)16-11-13-5-2-6-14-11/h2-8H,12H2,1H3. The van der Waals surface area contributed by atoms with Crippen molar-refractivity contribution in [2.75, 3.05) is 0 Å². The monoisotopic (exact) mass is 232 g/mol. The maximum atomic E-state index is 5.72. The van der Waals surface area contributed by atoms with Crippen LogP contribution in [-0.2, 0) is 0 Å². The van der Waals surface area contributed by atoms with Gasteiger partial charge in [0.2, 0.25) is 0 Å². The van der Waals surface area contributed by atoms with Gasteiger partial charge in [0.05, 0.1) is 5.69 Å². The average molecular weight is 232 g/mol. The van der Waals surface area contributed by atoms with Crippen LogP contribution in [0.15, 0.2) is 46.8 Å². The van der Waals surface area contributed by atoms with Crippen molar-refractivity contribution in [2.24, 2.45) is 5.73 Å². The van der Waals surface area contributed by atoms with Crippen LogP contribution in [0.25, 0.3) is 0 Å². The average Bonchev–Trinajstić information content (AvgIpc) is 2.31. The third-order valence-corrected chi connectivity index (χ3v) is 2.85. The highest BCUT2D eigenvalue weighted by Gasteiger charge is 2.03. The van der Waals surface area contributed by atoms with E-state index >= 15 is 0 Å². The van der Waals surface area contributed by atoms with Gasteiger partial charge in [-0.3, -0.25) is 4.98 Å². The van der Waals surface area contributed by atoms with Gasteiger partial charge in [0.1, 0.15) is 0 Å². The van der Waals surface area contributed by atoms with Crippen molar-refractivity contribution >= 4 is 11.8 Å². The summed E-state index contributed by atoms with van der Waals surface area (Å²) in [5.41, 5.74) is 6.61. The van der Waals surface area contributed by atoms with Crippen molar-refractivity contribution in [1.29, 1.82) is 0 Å². The number of nitrogens with two attached hydrogens (primary N) is 1. The van der Waals surface area contributed by atoms with E-state index in [1.54, 1.807) is 24.7 Å². The van der Waals surface area contributed by atoms with Gasteiger partial charge >= 0.3 is 0 Å². The third-order valence-electron chi connectivity index (χ3n) is 1.98. The number of hydrogen-bond acceptors (Lipinski definition) is 5. The Kier molecular flexibility index (Phi) is 3.48. The first kappa shape index (κ1) is 11.0. The molecule has 16 heavy (non-hydrogen) atoms. The molecule has 0 spiro atoms. The normalized spacial score (nSPS) is 12.4. The molecule has 1 atom stereocenters. The van der Waals surface area contributed by atoms with Crippen LogP contribution in [0.2, 0.25) is 0 Å². The molecule has 0 aliphatic heterocycles. The predicted molar refractivity (Wildman–Crippen MR) is 63.0 cm³/mol. The zero-order chi connectivity index (χ0) is 11.4. The molecular weight excluding hydrogens is 220 g/mol. The topological polar surface area (TPSA) is 64.7 Å². The van der Waals surface area contributed by atoms with E-state index in [4.69, 9.17) is 5.73 Å². The molecular formula is C11H12N4S. The molecule has 0 radical (unpaired) electrons. The van der Waals surface area contributed by atoms with Gasteiger partial charge in [0.25, 0.3) is 0 Å². The van der Waals surface area contributed by atoms with Crippen LogP contribution in [0, 0.1) is 0 Å². The Balaban J connectivity index is 2.11. The fourth-order valence-corrected chi connectivity index (χ4v) is 1.84. The second kappa shape index (κ2) is 5.05. The van der Waals surface area contributed by atoms with Crippen LogP contribution >= 0.6 is 11.8 Å². The molecule has 4 nitrogen and oxygen atoms in total. The Morgan fingerprint density at radius 2 is 1.94 bits per heavy atom. The lowest BCUT2D eigenvalue weighted by Crippen LogP contribution is -2.06. The van der Waals surface area contributed by atoms with Crippen molar-refractivity contribution in [1.82, 2.24) is 15.0 Å². The summed E-state index contributed by atoms with van der Waals surface area (Å²) in [6.45, 7) is 1.91. The molecule has 82 valence electrons. The summed E-state index contributed by atoms with van der Waals surface area (Å²) >= 11 is 1.48. The molecule has 0 amide bonds. The van der Waals surface area contributed by atoms with Gasteiger partial charge in [-0.25, -0.2) is 9.97 Å². The minimum atomic E-state index is -0.0352. The van der Waals surface area contributed by atoms with Gasteiger partial charge in [-0.1, -0.05) is 0 Å². The molecule has 0 fully saturated rings. The Bertz CT molecular complexity index is 441. The first-order chi connectivity index (χ1) is 7.75. The van der Waals surface area contributed by atoms with Gasteiger partial charge in [0.15, 0.2) is 5.16 Å².